The van der Waals surface area contributed by atoms with Gasteiger partial charge in [-0.15, -0.1) is 0 Å². The van der Waals surface area contributed by atoms with E-state index in [0.717, 1.165) is 25.9 Å². The zero-order valence-electron chi connectivity index (χ0n) is 12.9. The Morgan fingerprint density at radius 3 is 2.43 bits per heavy atom. The summed E-state index contributed by atoms with van der Waals surface area (Å²) in [5.74, 6) is 0.272. The van der Waals surface area contributed by atoms with Crippen molar-refractivity contribution in [2.24, 2.45) is 22.2 Å². The number of hydrogen-bond donors (Lipinski definition) is 2. The number of rotatable bonds is 2. The molecule has 1 aromatic rings. The maximum absolute atomic E-state index is 14.2. The lowest BCUT2D eigenvalue weighted by atomic mass is 9.75. The lowest BCUT2D eigenvalue weighted by molar-refractivity contribution is 0.198. The number of benzene rings is 1. The van der Waals surface area contributed by atoms with Gasteiger partial charge >= 0.3 is 0 Å². The molecule has 1 aliphatic rings. The standard InChI is InChI=1S/C16H24FN3O/c1-16(2,3)12-6-8-20(9-7-12)14-5-4-11(10-13(14)17)15(18)19-21/h4-5,10,12,21H,6-9H2,1-3H3,(H2,18,19). The Morgan fingerprint density at radius 1 is 1.33 bits per heavy atom. The van der Waals surface area contributed by atoms with Crippen LogP contribution in [-0.4, -0.2) is 24.1 Å². The summed E-state index contributed by atoms with van der Waals surface area (Å²) in [6.07, 6.45) is 2.15. The Balaban J connectivity index is 2.11. The first kappa shape index (κ1) is 15.6. The van der Waals surface area contributed by atoms with E-state index in [1.54, 1.807) is 12.1 Å². The van der Waals surface area contributed by atoms with Gasteiger partial charge in [-0.05, 0) is 42.4 Å². The fourth-order valence-electron chi connectivity index (χ4n) is 2.97. The molecule has 1 heterocycles. The SMILES string of the molecule is CC(C)(C)C1CCN(c2ccc(C(N)=NO)cc2F)CC1. The van der Waals surface area contributed by atoms with Gasteiger partial charge < -0.3 is 15.8 Å². The van der Waals surface area contributed by atoms with E-state index in [1.807, 2.05) is 0 Å². The maximum Gasteiger partial charge on any atom is 0.170 e. The Bertz CT molecular complexity index is 529. The van der Waals surface area contributed by atoms with Crippen LogP contribution in [0.3, 0.4) is 0 Å². The molecule has 21 heavy (non-hydrogen) atoms. The van der Waals surface area contributed by atoms with Crippen molar-refractivity contribution in [1.82, 2.24) is 0 Å². The molecule has 0 spiro atoms. The predicted molar refractivity (Wildman–Crippen MR) is 83.3 cm³/mol. The number of halogens is 1. The van der Waals surface area contributed by atoms with Crippen molar-refractivity contribution in [2.75, 3.05) is 18.0 Å². The molecule has 0 amide bonds. The molecule has 1 aromatic carbocycles. The van der Waals surface area contributed by atoms with E-state index in [-0.39, 0.29) is 11.7 Å². The lowest BCUT2D eigenvalue weighted by Crippen LogP contribution is -2.38. The van der Waals surface area contributed by atoms with Crippen molar-refractivity contribution >= 4 is 11.5 Å². The smallest absolute Gasteiger partial charge is 0.170 e. The summed E-state index contributed by atoms with van der Waals surface area (Å²) in [6.45, 7) is 8.52. The van der Waals surface area contributed by atoms with E-state index in [4.69, 9.17) is 10.9 Å². The molecule has 116 valence electrons. The van der Waals surface area contributed by atoms with Gasteiger partial charge in [0.1, 0.15) is 5.82 Å². The molecule has 5 heteroatoms. The normalized spacial score (nSPS) is 18.1. The van der Waals surface area contributed by atoms with Crippen LogP contribution < -0.4 is 10.6 Å². The van der Waals surface area contributed by atoms with Gasteiger partial charge in [-0.1, -0.05) is 25.9 Å². The summed E-state index contributed by atoms with van der Waals surface area (Å²) in [7, 11) is 0. The molecule has 3 N–H and O–H groups in total. The molecule has 0 radical (unpaired) electrons. The van der Waals surface area contributed by atoms with E-state index in [0.29, 0.717) is 22.6 Å². The fraction of sp³-hybridized carbons (Fsp3) is 0.562. The predicted octanol–water partition coefficient (Wildman–Crippen LogP) is 3.18. The summed E-state index contributed by atoms with van der Waals surface area (Å²) in [6, 6.07) is 4.71. The summed E-state index contributed by atoms with van der Waals surface area (Å²) in [5.41, 5.74) is 6.77. The third kappa shape index (κ3) is 3.46. The minimum absolute atomic E-state index is 0.0770. The van der Waals surface area contributed by atoms with Crippen LogP contribution >= 0.6 is 0 Å². The zero-order chi connectivity index (χ0) is 15.6. The lowest BCUT2D eigenvalue weighted by Gasteiger charge is -2.39. The molecular formula is C16H24FN3O. The van der Waals surface area contributed by atoms with Gasteiger partial charge in [0.2, 0.25) is 0 Å². The van der Waals surface area contributed by atoms with Crippen LogP contribution in [0.25, 0.3) is 0 Å². The number of nitrogens with zero attached hydrogens (tertiary/aromatic N) is 2. The Morgan fingerprint density at radius 2 is 1.95 bits per heavy atom. The molecule has 0 bridgehead atoms. The van der Waals surface area contributed by atoms with E-state index in [9.17, 15) is 4.39 Å². The molecule has 0 atom stereocenters. The molecule has 1 fully saturated rings. The second-order valence-electron chi connectivity index (χ2n) is 6.78. The van der Waals surface area contributed by atoms with E-state index < -0.39 is 0 Å². The van der Waals surface area contributed by atoms with Crippen LogP contribution in [0.2, 0.25) is 0 Å². The minimum Gasteiger partial charge on any atom is -0.409 e. The van der Waals surface area contributed by atoms with Crippen molar-refractivity contribution in [3.63, 3.8) is 0 Å². The Kier molecular flexibility index (Phi) is 4.40. The molecule has 0 aliphatic carbocycles. The topological polar surface area (TPSA) is 61.8 Å². The van der Waals surface area contributed by atoms with Gasteiger partial charge in [-0.2, -0.15) is 0 Å². The Labute approximate surface area is 125 Å². The molecule has 4 nitrogen and oxygen atoms in total. The van der Waals surface area contributed by atoms with Crippen LogP contribution in [0.4, 0.5) is 10.1 Å². The van der Waals surface area contributed by atoms with Gasteiger partial charge in [0.05, 0.1) is 5.69 Å². The minimum atomic E-state index is -0.326. The highest BCUT2D eigenvalue weighted by Gasteiger charge is 2.29. The first-order valence-corrected chi connectivity index (χ1v) is 7.35. The van der Waals surface area contributed by atoms with Gasteiger partial charge in [-0.25, -0.2) is 4.39 Å². The van der Waals surface area contributed by atoms with Crippen LogP contribution in [-0.2, 0) is 0 Å². The molecule has 0 unspecified atom stereocenters. The quantitative estimate of drug-likeness (QED) is 0.381. The van der Waals surface area contributed by atoms with Gasteiger partial charge in [0, 0.05) is 18.7 Å². The van der Waals surface area contributed by atoms with Crippen LogP contribution in [0.1, 0.15) is 39.2 Å². The number of nitrogens with two attached hydrogens (primary N) is 1. The molecule has 0 saturated carbocycles. The first-order valence-electron chi connectivity index (χ1n) is 7.35. The summed E-state index contributed by atoms with van der Waals surface area (Å²) < 4.78 is 14.2. The summed E-state index contributed by atoms with van der Waals surface area (Å²) in [5, 5.41) is 11.5. The van der Waals surface area contributed by atoms with Crippen molar-refractivity contribution in [2.45, 2.75) is 33.6 Å². The van der Waals surface area contributed by atoms with Gasteiger partial charge in [-0.3, -0.25) is 0 Å². The third-order valence-corrected chi connectivity index (χ3v) is 4.41. The monoisotopic (exact) mass is 293 g/mol. The molecule has 2 rings (SSSR count). The molecule has 1 saturated heterocycles. The Hall–Kier alpha value is -1.78. The number of anilines is 1. The van der Waals surface area contributed by atoms with E-state index in [1.165, 1.54) is 6.07 Å². The second-order valence-corrected chi connectivity index (χ2v) is 6.78. The van der Waals surface area contributed by atoms with Crippen molar-refractivity contribution in [3.8, 4) is 0 Å². The number of amidine groups is 1. The largest absolute Gasteiger partial charge is 0.409 e. The maximum atomic E-state index is 14.2. The number of oxime groups is 1. The average Bonchev–Trinajstić information content (AvgIpc) is 2.45. The van der Waals surface area contributed by atoms with Crippen molar-refractivity contribution < 1.29 is 9.60 Å². The summed E-state index contributed by atoms with van der Waals surface area (Å²) in [4.78, 5) is 2.08. The van der Waals surface area contributed by atoms with E-state index >= 15 is 0 Å². The second kappa shape index (κ2) is 5.92. The summed E-state index contributed by atoms with van der Waals surface area (Å²) >= 11 is 0. The molecule has 1 aliphatic heterocycles. The van der Waals surface area contributed by atoms with Crippen LogP contribution in [0.5, 0.6) is 0 Å². The van der Waals surface area contributed by atoms with E-state index in [2.05, 4.69) is 30.8 Å². The highest BCUT2D eigenvalue weighted by atomic mass is 19.1. The van der Waals surface area contributed by atoms with Crippen LogP contribution in [0, 0.1) is 17.2 Å². The highest BCUT2D eigenvalue weighted by Crippen LogP contribution is 2.36. The van der Waals surface area contributed by atoms with Crippen molar-refractivity contribution in [3.05, 3.63) is 29.6 Å². The average molecular weight is 293 g/mol. The first-order chi connectivity index (χ1) is 9.82. The van der Waals surface area contributed by atoms with Gasteiger partial charge in [0.15, 0.2) is 5.84 Å². The number of piperidine rings is 1. The fourth-order valence-corrected chi connectivity index (χ4v) is 2.97. The molecule has 0 aromatic heterocycles. The van der Waals surface area contributed by atoms with Crippen LogP contribution in [0.15, 0.2) is 23.4 Å². The number of hydrogen-bond acceptors (Lipinski definition) is 3. The van der Waals surface area contributed by atoms with Gasteiger partial charge in [0.25, 0.3) is 0 Å². The zero-order valence-corrected chi connectivity index (χ0v) is 12.9. The van der Waals surface area contributed by atoms with Crippen molar-refractivity contribution in [1.29, 1.82) is 0 Å². The highest BCUT2D eigenvalue weighted by molar-refractivity contribution is 5.97. The molecular weight excluding hydrogens is 269 g/mol. The third-order valence-electron chi connectivity index (χ3n) is 4.41.